The molecule has 192 valence electrons. The number of nitrogens with zero attached hydrogens (tertiary/aromatic N) is 4. The van der Waals surface area contributed by atoms with Gasteiger partial charge in [0.2, 0.25) is 10.0 Å². The minimum absolute atomic E-state index is 0.0886. The zero-order valence-electron chi connectivity index (χ0n) is 20.4. The molecule has 1 aliphatic heterocycles. The molecule has 0 radical (unpaired) electrons. The molecule has 0 bridgehead atoms. The largest absolute Gasteiger partial charge is 0.378 e. The average Bonchev–Trinajstić information content (AvgIpc) is 3.25. The summed E-state index contributed by atoms with van der Waals surface area (Å²) in [6.45, 7) is 6.20. The molecule has 37 heavy (non-hydrogen) atoms. The molecule has 1 saturated heterocycles. The number of carbonyl (C=O) groups is 1. The van der Waals surface area contributed by atoms with E-state index in [1.807, 2.05) is 31.2 Å². The van der Waals surface area contributed by atoms with Crippen LogP contribution in [0.5, 0.6) is 0 Å². The molecule has 1 fully saturated rings. The zero-order valence-corrected chi connectivity index (χ0v) is 21.3. The standard InChI is InChI=1S/C26H26FN5O4S/c1-3-37(34,35)30-26(33)23-16-22(18-7-9-20(10-8-18)31-11-13-36-14-12-31)24-17(2)29-32(25(24)28-23)21-6-4-5-19(27)15-21/h4-10,15-16H,3,11-14H2,1-2H3,(H,30,33). The summed E-state index contributed by atoms with van der Waals surface area (Å²) < 4.78 is 47.2. The molecule has 2 aromatic heterocycles. The molecule has 0 spiro atoms. The lowest BCUT2D eigenvalue weighted by Crippen LogP contribution is -2.36. The van der Waals surface area contributed by atoms with Crippen LogP contribution in [0.2, 0.25) is 0 Å². The number of morpholine rings is 1. The minimum Gasteiger partial charge on any atom is -0.378 e. The normalized spacial score (nSPS) is 14.2. The Bertz CT molecular complexity index is 1580. The number of sulfonamides is 1. The highest BCUT2D eigenvalue weighted by Crippen LogP contribution is 2.33. The van der Waals surface area contributed by atoms with Crippen molar-refractivity contribution in [2.24, 2.45) is 0 Å². The van der Waals surface area contributed by atoms with Crippen LogP contribution in [0, 0.1) is 12.7 Å². The molecule has 5 rings (SSSR count). The van der Waals surface area contributed by atoms with Crippen LogP contribution >= 0.6 is 0 Å². The Balaban J connectivity index is 1.67. The van der Waals surface area contributed by atoms with E-state index in [-0.39, 0.29) is 11.4 Å². The number of benzene rings is 2. The lowest BCUT2D eigenvalue weighted by molar-refractivity contribution is 0.0977. The Kier molecular flexibility index (Phi) is 6.65. The fourth-order valence-electron chi connectivity index (χ4n) is 4.36. The number of anilines is 1. The smallest absolute Gasteiger partial charge is 0.283 e. The summed E-state index contributed by atoms with van der Waals surface area (Å²) in [6, 6.07) is 15.3. The molecule has 0 saturated carbocycles. The van der Waals surface area contributed by atoms with Gasteiger partial charge in [-0.05, 0) is 61.4 Å². The number of fused-ring (bicyclic) bond motifs is 1. The van der Waals surface area contributed by atoms with Crippen LogP contribution in [0.25, 0.3) is 27.8 Å². The van der Waals surface area contributed by atoms with Crippen LogP contribution in [-0.4, -0.2) is 61.1 Å². The summed E-state index contributed by atoms with van der Waals surface area (Å²) >= 11 is 0. The van der Waals surface area contributed by atoms with Gasteiger partial charge in [-0.1, -0.05) is 18.2 Å². The number of hydrogen-bond acceptors (Lipinski definition) is 7. The lowest BCUT2D eigenvalue weighted by atomic mass is 10.0. The Hall–Kier alpha value is -3.83. The third-order valence-electron chi connectivity index (χ3n) is 6.28. The first kappa shape index (κ1) is 24.8. The van der Waals surface area contributed by atoms with Crippen LogP contribution in [0.4, 0.5) is 10.1 Å². The number of halogens is 1. The van der Waals surface area contributed by atoms with E-state index in [0.29, 0.717) is 41.2 Å². The van der Waals surface area contributed by atoms with Crippen molar-refractivity contribution in [2.45, 2.75) is 13.8 Å². The zero-order chi connectivity index (χ0) is 26.2. The van der Waals surface area contributed by atoms with Crippen LogP contribution < -0.4 is 9.62 Å². The predicted octanol–water partition coefficient (Wildman–Crippen LogP) is 3.45. The van der Waals surface area contributed by atoms with Gasteiger partial charge in [0.15, 0.2) is 5.65 Å². The van der Waals surface area contributed by atoms with Gasteiger partial charge in [-0.3, -0.25) is 4.79 Å². The molecule has 9 nitrogen and oxygen atoms in total. The maximum Gasteiger partial charge on any atom is 0.283 e. The molecule has 11 heteroatoms. The number of carbonyl (C=O) groups excluding carboxylic acids is 1. The highest BCUT2D eigenvalue weighted by atomic mass is 32.2. The van der Waals surface area contributed by atoms with Gasteiger partial charge in [-0.2, -0.15) is 5.10 Å². The van der Waals surface area contributed by atoms with Gasteiger partial charge < -0.3 is 9.64 Å². The van der Waals surface area contributed by atoms with E-state index in [2.05, 4.69) is 19.7 Å². The van der Waals surface area contributed by atoms with Gasteiger partial charge in [0, 0.05) is 18.8 Å². The number of aromatic nitrogens is 3. The summed E-state index contributed by atoms with van der Waals surface area (Å²) in [7, 11) is -3.81. The molecular weight excluding hydrogens is 497 g/mol. The number of amides is 1. The highest BCUT2D eigenvalue weighted by Gasteiger charge is 2.22. The molecule has 0 atom stereocenters. The lowest BCUT2D eigenvalue weighted by Gasteiger charge is -2.29. The summed E-state index contributed by atoms with van der Waals surface area (Å²) in [4.78, 5) is 19.7. The second-order valence-electron chi connectivity index (χ2n) is 8.71. The second-order valence-corrected chi connectivity index (χ2v) is 10.7. The summed E-state index contributed by atoms with van der Waals surface area (Å²) in [5.41, 5.74) is 3.81. The minimum atomic E-state index is -3.81. The van der Waals surface area contributed by atoms with E-state index in [1.165, 1.54) is 23.7 Å². The average molecular weight is 524 g/mol. The fourth-order valence-corrected chi connectivity index (χ4v) is 4.89. The van der Waals surface area contributed by atoms with Crippen molar-refractivity contribution in [1.29, 1.82) is 0 Å². The maximum atomic E-state index is 14.0. The van der Waals surface area contributed by atoms with Crippen LogP contribution in [0.3, 0.4) is 0 Å². The van der Waals surface area contributed by atoms with Gasteiger partial charge in [0.05, 0.1) is 35.7 Å². The van der Waals surface area contributed by atoms with E-state index >= 15 is 0 Å². The van der Waals surface area contributed by atoms with E-state index in [1.54, 1.807) is 18.2 Å². The number of aryl methyl sites for hydroxylation is 1. The predicted molar refractivity (Wildman–Crippen MR) is 139 cm³/mol. The topological polar surface area (TPSA) is 106 Å². The molecule has 0 aliphatic carbocycles. The van der Waals surface area contributed by atoms with E-state index in [4.69, 9.17) is 4.74 Å². The number of hydrogen-bond donors (Lipinski definition) is 1. The second kappa shape index (κ2) is 9.91. The molecule has 2 aromatic carbocycles. The van der Waals surface area contributed by atoms with Gasteiger partial charge in [-0.25, -0.2) is 27.2 Å². The number of pyridine rings is 1. The quantitative estimate of drug-likeness (QED) is 0.413. The summed E-state index contributed by atoms with van der Waals surface area (Å²) in [6.07, 6.45) is 0. The summed E-state index contributed by atoms with van der Waals surface area (Å²) in [5, 5.41) is 5.26. The number of rotatable bonds is 6. The van der Waals surface area contributed by atoms with E-state index in [9.17, 15) is 17.6 Å². The first-order chi connectivity index (χ1) is 17.8. The highest BCUT2D eigenvalue weighted by molar-refractivity contribution is 7.90. The Morgan fingerprint density at radius 2 is 1.81 bits per heavy atom. The van der Waals surface area contributed by atoms with Crippen molar-refractivity contribution in [1.82, 2.24) is 19.5 Å². The van der Waals surface area contributed by atoms with E-state index in [0.717, 1.165) is 24.3 Å². The molecule has 1 aliphatic rings. The first-order valence-electron chi connectivity index (χ1n) is 11.9. The Morgan fingerprint density at radius 1 is 1.08 bits per heavy atom. The molecule has 4 aromatic rings. The van der Waals surface area contributed by atoms with Gasteiger partial charge >= 0.3 is 0 Å². The van der Waals surface area contributed by atoms with Gasteiger partial charge in [0.25, 0.3) is 5.91 Å². The third-order valence-corrected chi connectivity index (χ3v) is 7.54. The van der Waals surface area contributed by atoms with Crippen molar-refractivity contribution in [3.8, 4) is 16.8 Å². The van der Waals surface area contributed by atoms with Crippen LogP contribution in [0.15, 0.2) is 54.6 Å². The van der Waals surface area contributed by atoms with Crippen LogP contribution in [-0.2, 0) is 14.8 Å². The first-order valence-corrected chi connectivity index (χ1v) is 13.6. The van der Waals surface area contributed by atoms with Gasteiger partial charge in [0.1, 0.15) is 11.5 Å². The van der Waals surface area contributed by atoms with Crippen LogP contribution in [0.1, 0.15) is 23.1 Å². The van der Waals surface area contributed by atoms with Crippen molar-refractivity contribution >= 4 is 32.7 Å². The van der Waals surface area contributed by atoms with Crippen molar-refractivity contribution in [3.63, 3.8) is 0 Å². The molecule has 1 amide bonds. The van der Waals surface area contributed by atoms with Crippen molar-refractivity contribution < 1.29 is 22.3 Å². The number of nitrogens with one attached hydrogen (secondary N) is 1. The maximum absolute atomic E-state index is 14.0. The molecule has 3 heterocycles. The van der Waals surface area contributed by atoms with Crippen molar-refractivity contribution in [2.75, 3.05) is 37.0 Å². The van der Waals surface area contributed by atoms with Gasteiger partial charge in [-0.15, -0.1) is 0 Å². The fraction of sp³-hybridized carbons (Fsp3) is 0.269. The number of ether oxygens (including phenoxy) is 1. The summed E-state index contributed by atoms with van der Waals surface area (Å²) in [5.74, 6) is -1.54. The van der Waals surface area contributed by atoms with E-state index < -0.39 is 21.7 Å². The molecule has 0 unspecified atom stereocenters. The molecular formula is C26H26FN5O4S. The SMILES string of the molecule is CCS(=O)(=O)NC(=O)c1cc(-c2ccc(N3CCOCC3)cc2)c2c(C)nn(-c3cccc(F)c3)c2n1. The Labute approximate surface area is 213 Å². The molecule has 1 N–H and O–H groups in total. The monoisotopic (exact) mass is 523 g/mol. The Morgan fingerprint density at radius 3 is 2.49 bits per heavy atom. The third kappa shape index (κ3) is 5.05. The van der Waals surface area contributed by atoms with Crippen molar-refractivity contribution in [3.05, 3.63) is 71.8 Å².